The zero-order valence-electron chi connectivity index (χ0n) is 13.8. The zero-order valence-corrected chi connectivity index (χ0v) is 13.8. The van der Waals surface area contributed by atoms with Crippen molar-refractivity contribution in [3.8, 4) is 11.1 Å². The molecular formula is C20H20N2O3. The van der Waals surface area contributed by atoms with Gasteiger partial charge in [0.25, 0.3) is 0 Å². The van der Waals surface area contributed by atoms with Gasteiger partial charge in [-0.05, 0) is 28.7 Å². The standard InChI is InChI=1S/C20H20N2O3/c21-19(23)18(22-20(24)12-9-10-25-11-12)17-15-7-3-1-5-13(15)14-6-2-4-8-16(14)17/h1-8,12,17-18H,9-11H2,(H2,21,23)(H,22,24)/t12-,18+/m0/s1. The molecule has 1 fully saturated rings. The van der Waals surface area contributed by atoms with Crippen LogP contribution in [0.2, 0.25) is 0 Å². The summed E-state index contributed by atoms with van der Waals surface area (Å²) >= 11 is 0. The molecule has 0 unspecified atom stereocenters. The minimum Gasteiger partial charge on any atom is -0.381 e. The Morgan fingerprint density at radius 1 is 1.04 bits per heavy atom. The lowest BCUT2D eigenvalue weighted by molar-refractivity contribution is -0.130. The van der Waals surface area contributed by atoms with Crippen LogP contribution in [0.3, 0.4) is 0 Å². The minimum absolute atomic E-state index is 0.164. The summed E-state index contributed by atoms with van der Waals surface area (Å²) in [5.74, 6) is -1.17. The Balaban J connectivity index is 1.72. The predicted molar refractivity (Wildman–Crippen MR) is 93.8 cm³/mol. The van der Waals surface area contributed by atoms with Gasteiger partial charge in [0.05, 0.1) is 12.5 Å². The second-order valence-electron chi connectivity index (χ2n) is 6.60. The van der Waals surface area contributed by atoms with Gasteiger partial charge in [-0.25, -0.2) is 0 Å². The van der Waals surface area contributed by atoms with E-state index in [9.17, 15) is 9.59 Å². The van der Waals surface area contributed by atoms with Gasteiger partial charge in [-0.15, -0.1) is 0 Å². The van der Waals surface area contributed by atoms with E-state index >= 15 is 0 Å². The molecule has 1 aliphatic heterocycles. The van der Waals surface area contributed by atoms with Crippen molar-refractivity contribution in [1.29, 1.82) is 0 Å². The molecule has 0 radical (unpaired) electrons. The molecule has 2 aromatic carbocycles. The molecule has 3 N–H and O–H groups in total. The van der Waals surface area contributed by atoms with Crippen LogP contribution in [0.1, 0.15) is 23.5 Å². The second-order valence-corrected chi connectivity index (χ2v) is 6.60. The van der Waals surface area contributed by atoms with Crippen LogP contribution in [0.25, 0.3) is 11.1 Å². The fraction of sp³-hybridized carbons (Fsp3) is 0.300. The third-order valence-corrected chi connectivity index (χ3v) is 5.12. The third kappa shape index (κ3) is 2.70. The van der Waals surface area contributed by atoms with Gasteiger partial charge in [0.15, 0.2) is 0 Å². The normalized spacial score (nSPS) is 19.9. The average molecular weight is 336 g/mol. The van der Waals surface area contributed by atoms with Gasteiger partial charge in [0.1, 0.15) is 6.04 Å². The Morgan fingerprint density at radius 3 is 2.16 bits per heavy atom. The molecule has 5 heteroatoms. The molecule has 5 nitrogen and oxygen atoms in total. The van der Waals surface area contributed by atoms with E-state index in [1.807, 2.05) is 48.5 Å². The molecule has 0 bridgehead atoms. The van der Waals surface area contributed by atoms with Crippen LogP contribution in [-0.2, 0) is 14.3 Å². The molecule has 128 valence electrons. The van der Waals surface area contributed by atoms with Crippen molar-refractivity contribution in [3.05, 3.63) is 59.7 Å². The first-order valence-corrected chi connectivity index (χ1v) is 8.52. The molecule has 2 aromatic rings. The highest BCUT2D eigenvalue weighted by molar-refractivity contribution is 5.91. The van der Waals surface area contributed by atoms with E-state index < -0.39 is 11.9 Å². The van der Waals surface area contributed by atoms with Crippen LogP contribution in [0.15, 0.2) is 48.5 Å². The van der Waals surface area contributed by atoms with Crippen molar-refractivity contribution in [2.45, 2.75) is 18.4 Å². The first-order chi connectivity index (χ1) is 12.2. The largest absolute Gasteiger partial charge is 0.381 e. The second kappa shape index (κ2) is 6.33. The number of benzene rings is 2. The summed E-state index contributed by atoms with van der Waals surface area (Å²) in [6.07, 6.45) is 0.676. The molecule has 1 saturated heterocycles. The van der Waals surface area contributed by atoms with E-state index in [0.29, 0.717) is 19.6 Å². The van der Waals surface area contributed by atoms with Crippen molar-refractivity contribution in [2.24, 2.45) is 11.7 Å². The molecule has 2 aliphatic rings. The van der Waals surface area contributed by atoms with Crippen molar-refractivity contribution in [2.75, 3.05) is 13.2 Å². The molecule has 0 spiro atoms. The van der Waals surface area contributed by atoms with Crippen LogP contribution in [-0.4, -0.2) is 31.1 Å². The van der Waals surface area contributed by atoms with E-state index in [0.717, 1.165) is 22.3 Å². The maximum atomic E-state index is 12.5. The monoisotopic (exact) mass is 336 g/mol. The molecule has 0 saturated carbocycles. The minimum atomic E-state index is -0.780. The Hall–Kier alpha value is -2.66. The van der Waals surface area contributed by atoms with Gasteiger partial charge in [0, 0.05) is 12.5 Å². The maximum Gasteiger partial charge on any atom is 0.240 e. The number of ether oxygens (including phenoxy) is 1. The maximum absolute atomic E-state index is 12.5. The lowest BCUT2D eigenvalue weighted by atomic mass is 9.88. The molecular weight excluding hydrogens is 316 g/mol. The first kappa shape index (κ1) is 15.8. The summed E-state index contributed by atoms with van der Waals surface area (Å²) < 4.78 is 5.28. The van der Waals surface area contributed by atoms with Gasteiger partial charge in [-0.3, -0.25) is 9.59 Å². The number of carbonyl (C=O) groups is 2. The van der Waals surface area contributed by atoms with Gasteiger partial charge >= 0.3 is 0 Å². The molecule has 4 rings (SSSR count). The van der Waals surface area contributed by atoms with E-state index in [1.165, 1.54) is 0 Å². The summed E-state index contributed by atoms with van der Waals surface area (Å²) in [6, 6.07) is 15.2. The predicted octanol–water partition coefficient (Wildman–Crippen LogP) is 1.81. The van der Waals surface area contributed by atoms with Crippen LogP contribution < -0.4 is 11.1 Å². The van der Waals surface area contributed by atoms with Gasteiger partial charge in [-0.1, -0.05) is 48.5 Å². The number of rotatable bonds is 4. The Kier molecular flexibility index (Phi) is 4.01. The van der Waals surface area contributed by atoms with Crippen molar-refractivity contribution in [3.63, 3.8) is 0 Å². The quantitative estimate of drug-likeness (QED) is 0.893. The number of amides is 2. The highest BCUT2D eigenvalue weighted by Gasteiger charge is 2.39. The zero-order chi connectivity index (χ0) is 17.4. The number of nitrogens with two attached hydrogens (primary N) is 1. The van der Waals surface area contributed by atoms with E-state index in [2.05, 4.69) is 5.32 Å². The van der Waals surface area contributed by atoms with Crippen molar-refractivity contribution in [1.82, 2.24) is 5.32 Å². The molecule has 0 aromatic heterocycles. The van der Waals surface area contributed by atoms with Gasteiger partial charge in [0.2, 0.25) is 11.8 Å². The van der Waals surface area contributed by atoms with Gasteiger partial charge in [-0.2, -0.15) is 0 Å². The fourth-order valence-corrected chi connectivity index (χ4v) is 3.88. The summed E-state index contributed by atoms with van der Waals surface area (Å²) in [4.78, 5) is 24.8. The lowest BCUT2D eigenvalue weighted by Gasteiger charge is -2.25. The average Bonchev–Trinajstić information content (AvgIpc) is 3.26. The van der Waals surface area contributed by atoms with Crippen LogP contribution in [0.4, 0.5) is 0 Å². The Labute approximate surface area is 146 Å². The number of fused-ring (bicyclic) bond motifs is 3. The Morgan fingerprint density at radius 2 is 1.64 bits per heavy atom. The summed E-state index contributed by atoms with van der Waals surface area (Å²) in [7, 11) is 0. The van der Waals surface area contributed by atoms with Crippen LogP contribution >= 0.6 is 0 Å². The molecule has 2 atom stereocenters. The third-order valence-electron chi connectivity index (χ3n) is 5.12. The SMILES string of the molecule is NC(=O)[C@H](NC(=O)[C@H]1CCOC1)C1c2ccccc2-c2ccccc21. The summed E-state index contributed by atoms with van der Waals surface area (Å²) in [6.45, 7) is 0.976. The van der Waals surface area contributed by atoms with E-state index in [1.54, 1.807) is 0 Å². The highest BCUT2D eigenvalue weighted by atomic mass is 16.5. The fourth-order valence-electron chi connectivity index (χ4n) is 3.88. The first-order valence-electron chi connectivity index (χ1n) is 8.52. The number of primary amides is 1. The van der Waals surface area contributed by atoms with Gasteiger partial charge < -0.3 is 15.8 Å². The topological polar surface area (TPSA) is 81.4 Å². The van der Waals surface area contributed by atoms with Crippen LogP contribution in [0.5, 0.6) is 0 Å². The number of hydrogen-bond donors (Lipinski definition) is 2. The Bertz CT molecular complexity index is 782. The summed E-state index contributed by atoms with van der Waals surface area (Å²) in [5.41, 5.74) is 9.92. The number of carbonyl (C=O) groups excluding carboxylic acids is 2. The molecule has 1 aliphatic carbocycles. The van der Waals surface area contributed by atoms with Crippen molar-refractivity contribution >= 4 is 11.8 Å². The molecule has 25 heavy (non-hydrogen) atoms. The number of nitrogens with one attached hydrogen (secondary N) is 1. The lowest BCUT2D eigenvalue weighted by Crippen LogP contribution is -2.50. The smallest absolute Gasteiger partial charge is 0.240 e. The number of hydrogen-bond acceptors (Lipinski definition) is 3. The van der Waals surface area contributed by atoms with Crippen molar-refractivity contribution < 1.29 is 14.3 Å². The molecule has 2 amide bonds. The molecule has 1 heterocycles. The van der Waals surface area contributed by atoms with Crippen LogP contribution in [0, 0.1) is 5.92 Å². The highest BCUT2D eigenvalue weighted by Crippen LogP contribution is 2.46. The van der Waals surface area contributed by atoms with E-state index in [4.69, 9.17) is 10.5 Å². The van der Waals surface area contributed by atoms with E-state index in [-0.39, 0.29) is 17.7 Å². The summed E-state index contributed by atoms with van der Waals surface area (Å²) in [5, 5.41) is 2.89.